The number of hydrogen-bond acceptors (Lipinski definition) is 8. The van der Waals surface area contributed by atoms with Crippen LogP contribution >= 0.6 is 11.8 Å². The van der Waals surface area contributed by atoms with E-state index in [2.05, 4.69) is 74.8 Å². The first-order valence-electron chi connectivity index (χ1n) is 10.00. The average molecular weight is 415 g/mol. The number of aryl methyl sites for hydroxylation is 2. The molecule has 4 rings (SSSR count). The zero-order valence-corrected chi connectivity index (χ0v) is 17.9. The van der Waals surface area contributed by atoms with Crippen molar-refractivity contribution in [2.75, 3.05) is 31.2 Å². The Hall–Kier alpha value is -2.39. The van der Waals surface area contributed by atoms with Gasteiger partial charge in [0.25, 0.3) is 0 Å². The monoisotopic (exact) mass is 414 g/mol. The van der Waals surface area contributed by atoms with Gasteiger partial charge in [0.1, 0.15) is 0 Å². The molecule has 154 valence electrons. The van der Waals surface area contributed by atoms with E-state index in [1.165, 1.54) is 5.56 Å². The zero-order chi connectivity index (χ0) is 20.2. The molecule has 1 aliphatic heterocycles. The summed E-state index contributed by atoms with van der Waals surface area (Å²) in [5.41, 5.74) is 2.23. The van der Waals surface area contributed by atoms with Gasteiger partial charge in [-0.3, -0.25) is 4.57 Å². The van der Waals surface area contributed by atoms with Crippen LogP contribution < -0.4 is 4.90 Å². The molecule has 0 amide bonds. The van der Waals surface area contributed by atoms with Crippen LogP contribution in [0.4, 0.5) is 5.95 Å². The van der Waals surface area contributed by atoms with Crippen molar-refractivity contribution in [1.29, 1.82) is 0 Å². The van der Waals surface area contributed by atoms with Crippen molar-refractivity contribution < 1.29 is 9.26 Å². The number of morpholine rings is 1. The van der Waals surface area contributed by atoms with Gasteiger partial charge in [-0.1, -0.05) is 36.0 Å². The van der Waals surface area contributed by atoms with Crippen LogP contribution in [0.15, 0.2) is 33.9 Å². The molecule has 0 saturated carbocycles. The van der Waals surface area contributed by atoms with Crippen molar-refractivity contribution in [2.45, 2.75) is 44.0 Å². The Balaban J connectivity index is 1.66. The van der Waals surface area contributed by atoms with Gasteiger partial charge < -0.3 is 14.2 Å². The van der Waals surface area contributed by atoms with Crippen molar-refractivity contribution in [2.24, 2.45) is 0 Å². The van der Waals surface area contributed by atoms with Crippen LogP contribution in [-0.2, 0) is 11.2 Å². The second-order valence-corrected chi connectivity index (χ2v) is 8.42. The van der Waals surface area contributed by atoms with E-state index in [9.17, 15) is 0 Å². The van der Waals surface area contributed by atoms with Gasteiger partial charge in [-0.25, -0.2) is 0 Å². The van der Waals surface area contributed by atoms with Gasteiger partial charge >= 0.3 is 0 Å². The molecule has 0 radical (unpaired) electrons. The number of benzene rings is 1. The van der Waals surface area contributed by atoms with Crippen LogP contribution in [0.5, 0.6) is 0 Å². The molecule has 0 bridgehead atoms. The minimum atomic E-state index is -0.0293. The third-order valence-corrected chi connectivity index (χ3v) is 5.79. The lowest BCUT2D eigenvalue weighted by Gasteiger charge is -2.28. The summed E-state index contributed by atoms with van der Waals surface area (Å²) in [6.07, 6.45) is 1.81. The van der Waals surface area contributed by atoms with E-state index in [0.717, 1.165) is 48.5 Å². The molecule has 3 heterocycles. The Labute approximate surface area is 174 Å². The molecular weight excluding hydrogens is 388 g/mol. The lowest BCUT2D eigenvalue weighted by molar-refractivity contribution is 0.122. The highest BCUT2D eigenvalue weighted by Gasteiger charge is 2.25. The number of anilines is 1. The quantitative estimate of drug-likeness (QED) is 0.543. The maximum atomic E-state index is 5.51. The van der Waals surface area contributed by atoms with Gasteiger partial charge in [0, 0.05) is 19.5 Å². The van der Waals surface area contributed by atoms with Crippen molar-refractivity contribution in [3.05, 3.63) is 41.5 Å². The normalized spacial score (nSPS) is 15.6. The summed E-state index contributed by atoms with van der Waals surface area (Å²) >= 11 is 1.58. The SMILES string of the molecule is CCCc1noc(C(C)Sc2nnc(N3CCOCC3)n2-c2cccc(C)c2)n1. The number of rotatable bonds is 7. The Bertz CT molecular complexity index is 950. The summed E-state index contributed by atoms with van der Waals surface area (Å²) < 4.78 is 13.1. The first-order chi connectivity index (χ1) is 14.2. The van der Waals surface area contributed by atoms with E-state index in [1.54, 1.807) is 11.8 Å². The molecule has 1 saturated heterocycles. The van der Waals surface area contributed by atoms with E-state index in [-0.39, 0.29) is 5.25 Å². The van der Waals surface area contributed by atoms with Crippen molar-refractivity contribution in [3.63, 3.8) is 0 Å². The summed E-state index contributed by atoms with van der Waals surface area (Å²) in [5, 5.41) is 13.9. The number of hydrogen-bond donors (Lipinski definition) is 0. The molecule has 8 nitrogen and oxygen atoms in total. The number of nitrogens with zero attached hydrogens (tertiary/aromatic N) is 6. The standard InChI is InChI=1S/C20H26N6O2S/c1-4-6-17-21-18(28-24-17)15(3)29-20-23-22-19(25-9-11-27-12-10-25)26(20)16-8-5-7-14(2)13-16/h5,7-8,13,15H,4,6,9-12H2,1-3H3. The fraction of sp³-hybridized carbons (Fsp3) is 0.500. The molecule has 1 aliphatic rings. The largest absolute Gasteiger partial charge is 0.378 e. The number of ether oxygens (including phenoxy) is 1. The molecule has 0 N–H and O–H groups in total. The fourth-order valence-electron chi connectivity index (χ4n) is 3.27. The predicted octanol–water partition coefficient (Wildman–Crippen LogP) is 3.60. The lowest BCUT2D eigenvalue weighted by atomic mass is 10.2. The van der Waals surface area contributed by atoms with Crippen LogP contribution in [-0.4, -0.2) is 51.2 Å². The number of thioether (sulfide) groups is 1. The van der Waals surface area contributed by atoms with Crippen molar-refractivity contribution >= 4 is 17.7 Å². The van der Waals surface area contributed by atoms with Gasteiger partial charge in [-0.05, 0) is 38.0 Å². The summed E-state index contributed by atoms with van der Waals surface area (Å²) in [6.45, 7) is 9.24. The topological polar surface area (TPSA) is 82.1 Å². The first-order valence-corrected chi connectivity index (χ1v) is 10.9. The molecule has 1 atom stereocenters. The van der Waals surface area contributed by atoms with Gasteiger partial charge in [0.05, 0.1) is 24.2 Å². The fourth-order valence-corrected chi connectivity index (χ4v) is 4.16. The third-order valence-electron chi connectivity index (χ3n) is 4.76. The maximum Gasteiger partial charge on any atom is 0.239 e. The molecule has 0 spiro atoms. The third kappa shape index (κ3) is 4.45. The van der Waals surface area contributed by atoms with E-state index >= 15 is 0 Å². The zero-order valence-electron chi connectivity index (χ0n) is 17.0. The minimum Gasteiger partial charge on any atom is -0.378 e. The van der Waals surface area contributed by atoms with E-state index in [4.69, 9.17) is 9.26 Å². The molecule has 3 aromatic rings. The molecule has 1 aromatic carbocycles. The van der Waals surface area contributed by atoms with Gasteiger partial charge in [-0.2, -0.15) is 4.98 Å². The summed E-state index contributed by atoms with van der Waals surface area (Å²) in [5.74, 6) is 2.21. The smallest absolute Gasteiger partial charge is 0.239 e. The van der Waals surface area contributed by atoms with Gasteiger partial charge in [-0.15, -0.1) is 10.2 Å². The molecular formula is C20H26N6O2S. The van der Waals surface area contributed by atoms with Gasteiger partial charge in [0.2, 0.25) is 11.8 Å². The highest BCUT2D eigenvalue weighted by molar-refractivity contribution is 7.99. The van der Waals surface area contributed by atoms with Crippen LogP contribution in [0.1, 0.15) is 42.8 Å². The Kier molecular flexibility index (Phi) is 6.15. The average Bonchev–Trinajstić information content (AvgIpc) is 3.36. The second-order valence-electron chi connectivity index (χ2n) is 7.12. The van der Waals surface area contributed by atoms with Crippen molar-refractivity contribution in [1.82, 2.24) is 24.9 Å². The molecule has 1 fully saturated rings. The first kappa shape index (κ1) is 19.9. The van der Waals surface area contributed by atoms with Gasteiger partial charge in [0.15, 0.2) is 11.0 Å². The van der Waals surface area contributed by atoms with Crippen LogP contribution in [0.2, 0.25) is 0 Å². The van der Waals surface area contributed by atoms with E-state index < -0.39 is 0 Å². The molecule has 9 heteroatoms. The minimum absolute atomic E-state index is 0.0293. The summed E-state index contributed by atoms with van der Waals surface area (Å²) in [6, 6.07) is 8.38. The number of aromatic nitrogens is 5. The second kappa shape index (κ2) is 8.96. The van der Waals surface area contributed by atoms with Crippen LogP contribution in [0.3, 0.4) is 0 Å². The molecule has 2 aromatic heterocycles. The Morgan fingerprint density at radius 1 is 1.21 bits per heavy atom. The van der Waals surface area contributed by atoms with E-state index in [0.29, 0.717) is 19.1 Å². The Morgan fingerprint density at radius 2 is 2.03 bits per heavy atom. The summed E-state index contributed by atoms with van der Waals surface area (Å²) in [7, 11) is 0. The lowest BCUT2D eigenvalue weighted by Crippen LogP contribution is -2.37. The molecule has 0 aliphatic carbocycles. The maximum absolute atomic E-state index is 5.51. The highest BCUT2D eigenvalue weighted by atomic mass is 32.2. The Morgan fingerprint density at radius 3 is 2.79 bits per heavy atom. The van der Waals surface area contributed by atoms with Crippen molar-refractivity contribution in [3.8, 4) is 5.69 Å². The highest BCUT2D eigenvalue weighted by Crippen LogP contribution is 2.36. The molecule has 29 heavy (non-hydrogen) atoms. The van der Waals surface area contributed by atoms with Crippen LogP contribution in [0.25, 0.3) is 5.69 Å². The molecule has 1 unspecified atom stereocenters. The van der Waals surface area contributed by atoms with Crippen LogP contribution in [0, 0.1) is 6.92 Å². The predicted molar refractivity (Wildman–Crippen MR) is 112 cm³/mol. The summed E-state index contributed by atoms with van der Waals surface area (Å²) in [4.78, 5) is 6.75. The van der Waals surface area contributed by atoms with E-state index in [1.807, 2.05) is 0 Å².